The van der Waals surface area contributed by atoms with Crippen molar-refractivity contribution >= 4 is 5.97 Å². The molecule has 5 atom stereocenters. The van der Waals surface area contributed by atoms with Crippen molar-refractivity contribution in [3.05, 3.63) is 24.3 Å². The maximum absolute atomic E-state index is 10.5. The van der Waals surface area contributed by atoms with E-state index < -0.39 is 49.6 Å². The molecule has 1 rings (SSSR count). The van der Waals surface area contributed by atoms with Gasteiger partial charge in [0.05, 0.1) is 43.7 Å². The van der Waals surface area contributed by atoms with Gasteiger partial charge in [-0.1, -0.05) is 50.5 Å². The molecule has 0 amide bonds. The minimum atomic E-state index is -1.21. The van der Waals surface area contributed by atoms with E-state index in [2.05, 4.69) is 6.92 Å². The molecule has 0 spiro atoms. The van der Waals surface area contributed by atoms with Gasteiger partial charge < -0.3 is 41.5 Å². The molecule has 9 nitrogen and oxygen atoms in total. The molecular formula is C24H45NO8. The molecule has 0 heterocycles. The number of carbonyl (C=O) groups is 1. The number of nitrogens with two attached hydrogens (primary N) is 1. The third kappa shape index (κ3) is 13.8. The maximum atomic E-state index is 10.5. The van der Waals surface area contributed by atoms with Gasteiger partial charge in [0.2, 0.25) is 0 Å². The van der Waals surface area contributed by atoms with Crippen LogP contribution in [-0.2, 0) is 4.79 Å². The van der Waals surface area contributed by atoms with Crippen molar-refractivity contribution in [1.82, 2.24) is 0 Å². The van der Waals surface area contributed by atoms with Crippen LogP contribution in [0.3, 0.4) is 0 Å². The highest BCUT2D eigenvalue weighted by Crippen LogP contribution is 2.36. The van der Waals surface area contributed by atoms with Crippen molar-refractivity contribution in [3.63, 3.8) is 0 Å². The summed E-state index contributed by atoms with van der Waals surface area (Å²) in [6.07, 6.45) is 12.3. The Bertz CT molecular complexity index is 556. The molecule has 0 aromatic heterocycles. The molecule has 9 heteroatoms. The number of carboxylic acids is 1. The Balaban J connectivity index is 0.00000109. The van der Waals surface area contributed by atoms with Crippen LogP contribution < -0.4 is 5.73 Å². The normalized spacial score (nSPS) is 24.2. The molecule has 1 unspecified atom stereocenters. The number of carboxylic acid groups (broad SMARTS) is 1. The fraction of sp³-hybridized carbons (Fsp3) is 0.792. The first-order valence-electron chi connectivity index (χ1n) is 11.8. The van der Waals surface area contributed by atoms with Crippen LogP contribution in [0, 0.1) is 11.8 Å². The summed E-state index contributed by atoms with van der Waals surface area (Å²) in [6.45, 7) is 0.915. The Morgan fingerprint density at radius 1 is 1.06 bits per heavy atom. The quantitative estimate of drug-likeness (QED) is 0.125. The highest BCUT2D eigenvalue weighted by molar-refractivity contribution is 5.66. The molecule has 194 valence electrons. The maximum Gasteiger partial charge on any atom is 0.303 e. The number of aliphatic hydroxyl groups is 6. The standard InChI is InChI=1S/C20H34O5.C4H11NO3/c1-2-3-6-9-15(21)12-13-17-16(18(22)14-19(17)23)10-7-4-5-8-11-20(24)25;5-4(1-6,2-7)3-8/h4,7,12-13,15-19,21-23H,2-3,5-6,8-11,14H2,1H3,(H,24,25);6-8H,1-3,5H2/b7-4-,13-12+;/t15-,16+,17+,18?,19+;/m0./s1. The molecule has 0 aromatic rings. The fourth-order valence-electron chi connectivity index (χ4n) is 3.56. The molecule has 1 fully saturated rings. The Labute approximate surface area is 197 Å². The number of aliphatic carboxylic acids is 1. The summed E-state index contributed by atoms with van der Waals surface area (Å²) >= 11 is 0. The number of rotatable bonds is 15. The van der Waals surface area contributed by atoms with Gasteiger partial charge in [0.1, 0.15) is 0 Å². The van der Waals surface area contributed by atoms with Crippen LogP contribution in [-0.4, -0.2) is 85.4 Å². The van der Waals surface area contributed by atoms with E-state index in [9.17, 15) is 20.1 Å². The van der Waals surface area contributed by atoms with Crippen LogP contribution in [0.15, 0.2) is 24.3 Å². The zero-order valence-electron chi connectivity index (χ0n) is 19.8. The van der Waals surface area contributed by atoms with Gasteiger partial charge in [-0.2, -0.15) is 0 Å². The van der Waals surface area contributed by atoms with Crippen molar-refractivity contribution in [1.29, 1.82) is 0 Å². The average Bonchev–Trinajstić information content (AvgIpc) is 3.06. The van der Waals surface area contributed by atoms with Gasteiger partial charge in [-0.05, 0) is 31.6 Å². The second kappa shape index (κ2) is 18.1. The van der Waals surface area contributed by atoms with E-state index in [0.29, 0.717) is 25.7 Å². The minimum absolute atomic E-state index is 0.0650. The van der Waals surface area contributed by atoms with E-state index >= 15 is 0 Å². The van der Waals surface area contributed by atoms with Gasteiger partial charge in [0.25, 0.3) is 0 Å². The summed E-state index contributed by atoms with van der Waals surface area (Å²) < 4.78 is 0. The first-order chi connectivity index (χ1) is 15.6. The summed E-state index contributed by atoms with van der Waals surface area (Å²) in [6, 6.07) is 0. The van der Waals surface area contributed by atoms with Gasteiger partial charge >= 0.3 is 5.97 Å². The molecule has 0 aliphatic heterocycles. The molecule has 1 aliphatic rings. The minimum Gasteiger partial charge on any atom is -0.481 e. The summed E-state index contributed by atoms with van der Waals surface area (Å²) in [5, 5.41) is 64.0. The Morgan fingerprint density at radius 2 is 1.70 bits per heavy atom. The number of hydrogen-bond acceptors (Lipinski definition) is 8. The summed E-state index contributed by atoms with van der Waals surface area (Å²) in [7, 11) is 0. The number of unbranched alkanes of at least 4 members (excludes halogenated alkanes) is 3. The van der Waals surface area contributed by atoms with Crippen LogP contribution in [0.2, 0.25) is 0 Å². The number of hydrogen-bond donors (Lipinski definition) is 8. The SMILES string of the molecule is CCCCC[C@H](O)/C=C/[C@H]1[C@H](O)CC(O)[C@@H]1C/C=C\CCCC(=O)O.NC(CO)(CO)CO. The van der Waals surface area contributed by atoms with Crippen LogP contribution in [0.1, 0.15) is 64.7 Å². The second-order valence-electron chi connectivity index (χ2n) is 8.89. The van der Waals surface area contributed by atoms with E-state index in [1.165, 1.54) is 0 Å². The molecule has 0 radical (unpaired) electrons. The monoisotopic (exact) mass is 475 g/mol. The molecule has 33 heavy (non-hydrogen) atoms. The Hall–Kier alpha value is -1.33. The molecule has 0 saturated heterocycles. The van der Waals surface area contributed by atoms with Gasteiger partial charge in [-0.25, -0.2) is 0 Å². The smallest absolute Gasteiger partial charge is 0.303 e. The first kappa shape index (κ1) is 31.7. The van der Waals surface area contributed by atoms with E-state index in [-0.39, 0.29) is 18.3 Å². The van der Waals surface area contributed by atoms with Crippen LogP contribution in [0.25, 0.3) is 0 Å². The van der Waals surface area contributed by atoms with Gasteiger partial charge in [-0.15, -0.1) is 0 Å². The summed E-state index contributed by atoms with van der Waals surface area (Å²) in [4.78, 5) is 10.5. The van der Waals surface area contributed by atoms with Crippen molar-refractivity contribution < 1.29 is 40.5 Å². The third-order valence-corrected chi connectivity index (χ3v) is 5.86. The van der Waals surface area contributed by atoms with Crippen molar-refractivity contribution in [2.75, 3.05) is 19.8 Å². The van der Waals surface area contributed by atoms with E-state index in [1.54, 1.807) is 6.08 Å². The summed E-state index contributed by atoms with van der Waals surface area (Å²) in [5.41, 5.74) is 3.94. The molecule has 1 saturated carbocycles. The predicted octanol–water partition coefficient (Wildman–Crippen LogP) is 0.704. The van der Waals surface area contributed by atoms with Gasteiger partial charge in [0.15, 0.2) is 0 Å². The predicted molar refractivity (Wildman–Crippen MR) is 126 cm³/mol. The van der Waals surface area contributed by atoms with Crippen LogP contribution >= 0.6 is 0 Å². The lowest BCUT2D eigenvalue weighted by Gasteiger charge is -2.20. The topological polar surface area (TPSA) is 185 Å². The van der Waals surface area contributed by atoms with E-state index in [1.807, 2.05) is 18.2 Å². The highest BCUT2D eigenvalue weighted by atomic mass is 16.4. The second-order valence-corrected chi connectivity index (χ2v) is 8.89. The van der Waals surface area contributed by atoms with Crippen LogP contribution in [0.5, 0.6) is 0 Å². The fourth-order valence-corrected chi connectivity index (χ4v) is 3.56. The van der Waals surface area contributed by atoms with Gasteiger partial charge in [0, 0.05) is 18.8 Å². The largest absolute Gasteiger partial charge is 0.481 e. The number of allylic oxidation sites excluding steroid dienone is 2. The third-order valence-electron chi connectivity index (χ3n) is 5.86. The van der Waals surface area contributed by atoms with Gasteiger partial charge in [-0.3, -0.25) is 4.79 Å². The first-order valence-corrected chi connectivity index (χ1v) is 11.8. The zero-order valence-corrected chi connectivity index (χ0v) is 19.8. The van der Waals surface area contributed by atoms with Crippen molar-refractivity contribution in [3.8, 4) is 0 Å². The molecule has 0 aromatic carbocycles. The van der Waals surface area contributed by atoms with E-state index in [0.717, 1.165) is 25.7 Å². The molecule has 1 aliphatic carbocycles. The zero-order chi connectivity index (χ0) is 25.3. The van der Waals surface area contributed by atoms with Crippen LogP contribution in [0.4, 0.5) is 0 Å². The molecule has 9 N–H and O–H groups in total. The lowest BCUT2D eigenvalue weighted by Crippen LogP contribution is -2.50. The lowest BCUT2D eigenvalue weighted by molar-refractivity contribution is -0.137. The Morgan fingerprint density at radius 3 is 2.21 bits per heavy atom. The Kier molecular flexibility index (Phi) is 17.3. The molecular weight excluding hydrogens is 430 g/mol. The van der Waals surface area contributed by atoms with Crippen molar-refractivity contribution in [2.45, 2.75) is 88.6 Å². The summed E-state index contributed by atoms with van der Waals surface area (Å²) in [5.74, 6) is -1.00. The molecule has 0 bridgehead atoms. The van der Waals surface area contributed by atoms with E-state index in [4.69, 9.17) is 26.2 Å². The van der Waals surface area contributed by atoms with Crippen molar-refractivity contribution in [2.24, 2.45) is 17.6 Å². The average molecular weight is 476 g/mol. The number of aliphatic hydroxyl groups excluding tert-OH is 6. The lowest BCUT2D eigenvalue weighted by atomic mass is 9.89. The highest BCUT2D eigenvalue weighted by Gasteiger charge is 2.39.